The molecule has 0 aromatic heterocycles. The molecule has 0 amide bonds. The summed E-state index contributed by atoms with van der Waals surface area (Å²) >= 11 is 0. The number of nitrogens with zero attached hydrogens (tertiary/aromatic N) is 1. The summed E-state index contributed by atoms with van der Waals surface area (Å²) in [5.74, 6) is 0.0578. The van der Waals surface area contributed by atoms with E-state index in [9.17, 15) is 10.1 Å². The van der Waals surface area contributed by atoms with Crippen molar-refractivity contribution in [2.75, 3.05) is 13.1 Å². The molecular weight excluding hydrogens is 192 g/mol. The normalized spacial score (nSPS) is 26.1. The van der Waals surface area contributed by atoms with Gasteiger partial charge < -0.3 is 5.32 Å². The van der Waals surface area contributed by atoms with Gasteiger partial charge in [0.25, 0.3) is 0 Å². The van der Waals surface area contributed by atoms with E-state index < -0.39 is 6.04 Å². The number of nitrogens with one attached hydrogen (secondary N) is 1. The molecule has 0 bridgehead atoms. The third-order valence-corrected chi connectivity index (χ3v) is 2.95. The molecule has 1 heterocycles. The van der Waals surface area contributed by atoms with E-state index in [0.717, 1.165) is 18.5 Å². The van der Waals surface area contributed by atoms with Crippen LogP contribution in [0.3, 0.4) is 0 Å². The van der Waals surface area contributed by atoms with Gasteiger partial charge in [0.2, 0.25) is 6.04 Å². The minimum absolute atomic E-state index is 0.0578. The van der Waals surface area contributed by atoms with Crippen molar-refractivity contribution in [1.82, 2.24) is 5.32 Å². The van der Waals surface area contributed by atoms with E-state index in [1.165, 1.54) is 0 Å². The first-order valence-electron chi connectivity index (χ1n) is 5.18. The SMILES string of the molecule is O=[N+]([O-])[C@@H]1CNCC[C@H]1c1ccccc1. The Balaban J connectivity index is 2.22. The van der Waals surface area contributed by atoms with Gasteiger partial charge in [-0.2, -0.15) is 0 Å². The Morgan fingerprint density at radius 1 is 1.33 bits per heavy atom. The molecule has 1 N–H and O–H groups in total. The van der Waals surface area contributed by atoms with Gasteiger partial charge >= 0.3 is 0 Å². The fourth-order valence-corrected chi connectivity index (χ4v) is 2.15. The van der Waals surface area contributed by atoms with Gasteiger partial charge in [-0.15, -0.1) is 0 Å². The van der Waals surface area contributed by atoms with Crippen LogP contribution in [0.15, 0.2) is 30.3 Å². The molecule has 0 radical (unpaired) electrons. The second-order valence-electron chi connectivity index (χ2n) is 3.86. The number of piperidine rings is 1. The first kappa shape index (κ1) is 10.1. The van der Waals surface area contributed by atoms with E-state index in [-0.39, 0.29) is 10.8 Å². The van der Waals surface area contributed by atoms with E-state index in [1.54, 1.807) is 0 Å². The highest BCUT2D eigenvalue weighted by atomic mass is 16.6. The Bertz CT molecular complexity index is 340. The van der Waals surface area contributed by atoms with Crippen LogP contribution in [-0.2, 0) is 0 Å². The number of hydrogen-bond donors (Lipinski definition) is 1. The Labute approximate surface area is 88.5 Å². The topological polar surface area (TPSA) is 55.2 Å². The van der Waals surface area contributed by atoms with Crippen molar-refractivity contribution in [3.05, 3.63) is 46.0 Å². The van der Waals surface area contributed by atoms with Crippen molar-refractivity contribution in [2.45, 2.75) is 18.4 Å². The maximum Gasteiger partial charge on any atom is 0.232 e. The van der Waals surface area contributed by atoms with Crippen LogP contribution >= 0.6 is 0 Å². The van der Waals surface area contributed by atoms with E-state index in [1.807, 2.05) is 30.3 Å². The monoisotopic (exact) mass is 206 g/mol. The quantitative estimate of drug-likeness (QED) is 0.588. The lowest BCUT2D eigenvalue weighted by molar-refractivity contribution is -0.526. The molecule has 15 heavy (non-hydrogen) atoms. The fourth-order valence-electron chi connectivity index (χ4n) is 2.15. The summed E-state index contributed by atoms with van der Waals surface area (Å²) < 4.78 is 0. The zero-order valence-electron chi connectivity index (χ0n) is 8.43. The molecule has 0 spiro atoms. The number of hydrogen-bond acceptors (Lipinski definition) is 3. The molecule has 0 unspecified atom stereocenters. The van der Waals surface area contributed by atoms with Crippen LogP contribution in [0.5, 0.6) is 0 Å². The summed E-state index contributed by atoms with van der Waals surface area (Å²) in [5, 5.41) is 14.0. The highest BCUT2D eigenvalue weighted by molar-refractivity contribution is 5.21. The van der Waals surface area contributed by atoms with Crippen LogP contribution in [-0.4, -0.2) is 24.1 Å². The zero-order valence-corrected chi connectivity index (χ0v) is 8.43. The van der Waals surface area contributed by atoms with Crippen molar-refractivity contribution in [3.63, 3.8) is 0 Å². The van der Waals surface area contributed by atoms with Crippen molar-refractivity contribution >= 4 is 0 Å². The molecule has 1 aliphatic heterocycles. The largest absolute Gasteiger partial charge is 0.310 e. The second kappa shape index (κ2) is 4.40. The average Bonchev–Trinajstić information content (AvgIpc) is 2.30. The van der Waals surface area contributed by atoms with Crippen molar-refractivity contribution in [3.8, 4) is 0 Å². The minimum Gasteiger partial charge on any atom is -0.310 e. The molecule has 4 heteroatoms. The molecule has 4 nitrogen and oxygen atoms in total. The molecule has 1 aliphatic rings. The van der Waals surface area contributed by atoms with E-state index in [0.29, 0.717) is 6.54 Å². The van der Waals surface area contributed by atoms with Crippen LogP contribution in [0.2, 0.25) is 0 Å². The second-order valence-corrected chi connectivity index (χ2v) is 3.86. The lowest BCUT2D eigenvalue weighted by Crippen LogP contribution is -2.43. The van der Waals surface area contributed by atoms with Crippen LogP contribution in [0.25, 0.3) is 0 Å². The smallest absolute Gasteiger partial charge is 0.232 e. The summed E-state index contributed by atoms with van der Waals surface area (Å²) in [4.78, 5) is 10.7. The maximum atomic E-state index is 10.9. The first-order chi connectivity index (χ1) is 7.29. The summed E-state index contributed by atoms with van der Waals surface area (Å²) in [6, 6.07) is 9.29. The summed E-state index contributed by atoms with van der Waals surface area (Å²) in [5.41, 5.74) is 1.08. The molecule has 0 saturated carbocycles. The van der Waals surface area contributed by atoms with Crippen molar-refractivity contribution in [1.29, 1.82) is 0 Å². The molecule has 2 rings (SSSR count). The lowest BCUT2D eigenvalue weighted by Gasteiger charge is -2.26. The third kappa shape index (κ3) is 2.15. The molecule has 1 saturated heterocycles. The van der Waals surface area contributed by atoms with Crippen molar-refractivity contribution < 1.29 is 4.92 Å². The molecule has 1 aromatic carbocycles. The predicted molar refractivity (Wildman–Crippen MR) is 57.5 cm³/mol. The van der Waals surface area contributed by atoms with Gasteiger partial charge in [-0.05, 0) is 18.5 Å². The molecule has 1 aromatic rings. The highest BCUT2D eigenvalue weighted by Crippen LogP contribution is 2.26. The van der Waals surface area contributed by atoms with Crippen LogP contribution in [0.4, 0.5) is 0 Å². The molecule has 80 valence electrons. The highest BCUT2D eigenvalue weighted by Gasteiger charge is 2.34. The van der Waals surface area contributed by atoms with E-state index >= 15 is 0 Å². The van der Waals surface area contributed by atoms with Gasteiger partial charge in [-0.1, -0.05) is 30.3 Å². The van der Waals surface area contributed by atoms with Gasteiger partial charge in [0.05, 0.1) is 12.5 Å². The number of benzene rings is 1. The lowest BCUT2D eigenvalue weighted by atomic mass is 9.86. The van der Waals surface area contributed by atoms with Gasteiger partial charge in [-0.25, -0.2) is 0 Å². The maximum absolute atomic E-state index is 10.9. The average molecular weight is 206 g/mol. The Morgan fingerprint density at radius 2 is 2.07 bits per heavy atom. The summed E-state index contributed by atoms with van der Waals surface area (Å²) in [6.07, 6.45) is 0.843. The van der Waals surface area contributed by atoms with E-state index in [4.69, 9.17) is 0 Å². The molecule has 2 atom stereocenters. The third-order valence-electron chi connectivity index (χ3n) is 2.95. The van der Waals surface area contributed by atoms with Gasteiger partial charge in [0, 0.05) is 4.92 Å². The van der Waals surface area contributed by atoms with Crippen LogP contribution in [0, 0.1) is 10.1 Å². The Morgan fingerprint density at radius 3 is 2.73 bits per heavy atom. The number of nitro groups is 1. The van der Waals surface area contributed by atoms with Gasteiger partial charge in [0.1, 0.15) is 0 Å². The molecule has 1 fully saturated rings. The van der Waals surface area contributed by atoms with E-state index in [2.05, 4.69) is 5.32 Å². The number of rotatable bonds is 2. The molecular formula is C11H14N2O2. The molecule has 0 aliphatic carbocycles. The zero-order chi connectivity index (χ0) is 10.7. The van der Waals surface area contributed by atoms with Crippen LogP contribution < -0.4 is 5.32 Å². The van der Waals surface area contributed by atoms with Gasteiger partial charge in [0.15, 0.2) is 0 Å². The standard InChI is InChI=1S/C11H14N2O2/c14-13(15)11-8-12-7-6-10(11)9-4-2-1-3-5-9/h1-5,10-12H,6-8H2/t10-,11+/m0/s1. The predicted octanol–water partition coefficient (Wildman–Crippen LogP) is 1.41. The Hall–Kier alpha value is -1.42. The first-order valence-corrected chi connectivity index (χ1v) is 5.18. The Kier molecular flexibility index (Phi) is 2.97. The van der Waals surface area contributed by atoms with Crippen molar-refractivity contribution in [2.24, 2.45) is 0 Å². The summed E-state index contributed by atoms with van der Waals surface area (Å²) in [6.45, 7) is 1.34. The fraction of sp³-hybridized carbons (Fsp3) is 0.455. The van der Waals surface area contributed by atoms with Crippen LogP contribution in [0.1, 0.15) is 17.9 Å². The summed E-state index contributed by atoms with van der Waals surface area (Å²) in [7, 11) is 0. The minimum atomic E-state index is -0.485. The van der Waals surface area contributed by atoms with Gasteiger partial charge in [-0.3, -0.25) is 10.1 Å².